The van der Waals surface area contributed by atoms with Crippen LogP contribution in [0.25, 0.3) is 11.4 Å². The van der Waals surface area contributed by atoms with Gasteiger partial charge in [0.25, 0.3) is 0 Å². The molecule has 0 aliphatic heterocycles. The molecule has 0 bridgehead atoms. The maximum Gasteiger partial charge on any atom is 0.405 e. The summed E-state index contributed by atoms with van der Waals surface area (Å²) in [7, 11) is 1.58. The number of hydrogen-bond acceptors (Lipinski definition) is 5. The third-order valence-corrected chi connectivity index (χ3v) is 5.73. The molecule has 1 unspecified atom stereocenters. The number of methoxy groups -OCH3 is 1. The van der Waals surface area contributed by atoms with Crippen molar-refractivity contribution in [1.29, 1.82) is 0 Å². The Kier molecular flexibility index (Phi) is 7.79. The third kappa shape index (κ3) is 6.49. The molecule has 1 N–H and O–H groups in total. The van der Waals surface area contributed by atoms with Crippen LogP contribution >= 0.6 is 11.8 Å². The normalized spacial score (nSPS) is 12.4. The largest absolute Gasteiger partial charge is 0.497 e. The number of carbonyl (C=O) groups excluding carboxylic acids is 1. The molecule has 1 aromatic heterocycles. The van der Waals surface area contributed by atoms with Gasteiger partial charge in [-0.1, -0.05) is 42.1 Å². The molecular formula is C22H23F3N4O2S. The number of carbonyl (C=O) groups is 1. The molecule has 0 fully saturated rings. The van der Waals surface area contributed by atoms with Crippen LogP contribution in [0.4, 0.5) is 13.2 Å². The number of rotatable bonds is 9. The fraction of sp³-hybridized carbons (Fsp3) is 0.318. The molecule has 0 saturated carbocycles. The first-order valence-electron chi connectivity index (χ1n) is 9.89. The standard InChI is InChI=1S/C22H23F3N4O2S/c1-15(20(30)26-14-22(23,24)25)32-21-28-27-19(17-8-10-18(31-2)11-9-17)29(21)13-12-16-6-4-3-5-7-16/h3-11,15H,12-14H2,1-2H3,(H,26,30). The number of thioether (sulfide) groups is 1. The molecule has 3 rings (SSSR count). The number of aromatic nitrogens is 3. The van der Waals surface area contributed by atoms with Crippen LogP contribution in [0.15, 0.2) is 59.8 Å². The van der Waals surface area contributed by atoms with Gasteiger partial charge in [-0.15, -0.1) is 10.2 Å². The number of nitrogens with zero attached hydrogens (tertiary/aromatic N) is 3. The van der Waals surface area contributed by atoms with Crippen molar-refractivity contribution in [2.45, 2.75) is 36.5 Å². The van der Waals surface area contributed by atoms with E-state index in [2.05, 4.69) is 10.2 Å². The fourth-order valence-corrected chi connectivity index (χ4v) is 3.86. The zero-order valence-electron chi connectivity index (χ0n) is 17.6. The number of halogens is 3. The Morgan fingerprint density at radius 3 is 2.44 bits per heavy atom. The topological polar surface area (TPSA) is 69.0 Å². The highest BCUT2D eigenvalue weighted by atomic mass is 32.2. The predicted molar refractivity (Wildman–Crippen MR) is 117 cm³/mol. The molecule has 0 saturated heterocycles. The van der Waals surface area contributed by atoms with Crippen LogP contribution < -0.4 is 10.1 Å². The van der Waals surface area contributed by atoms with Gasteiger partial charge in [0.05, 0.1) is 12.4 Å². The van der Waals surface area contributed by atoms with E-state index in [9.17, 15) is 18.0 Å². The highest BCUT2D eigenvalue weighted by Crippen LogP contribution is 2.28. The van der Waals surface area contributed by atoms with Crippen LogP contribution in [-0.4, -0.2) is 45.8 Å². The summed E-state index contributed by atoms with van der Waals surface area (Å²) in [6, 6.07) is 17.2. The van der Waals surface area contributed by atoms with Crippen LogP contribution in [-0.2, 0) is 17.8 Å². The third-order valence-electron chi connectivity index (χ3n) is 4.65. The molecular weight excluding hydrogens is 441 g/mol. The van der Waals surface area contributed by atoms with Crippen molar-refractivity contribution in [3.63, 3.8) is 0 Å². The number of aryl methyl sites for hydroxylation is 1. The van der Waals surface area contributed by atoms with E-state index in [1.165, 1.54) is 0 Å². The monoisotopic (exact) mass is 464 g/mol. The van der Waals surface area contributed by atoms with E-state index in [4.69, 9.17) is 4.74 Å². The van der Waals surface area contributed by atoms with Crippen molar-refractivity contribution >= 4 is 17.7 Å². The Bertz CT molecular complexity index is 1020. The maximum atomic E-state index is 12.4. The SMILES string of the molecule is COc1ccc(-c2nnc(SC(C)C(=O)NCC(F)(F)F)n2CCc2ccccc2)cc1. The van der Waals surface area contributed by atoms with E-state index in [0.717, 1.165) is 22.9 Å². The lowest BCUT2D eigenvalue weighted by Crippen LogP contribution is -2.38. The summed E-state index contributed by atoms with van der Waals surface area (Å²) in [5.74, 6) is 0.596. The summed E-state index contributed by atoms with van der Waals surface area (Å²) in [6.45, 7) is 0.714. The predicted octanol–water partition coefficient (Wildman–Crippen LogP) is 4.36. The van der Waals surface area contributed by atoms with Gasteiger partial charge in [-0.3, -0.25) is 4.79 Å². The molecule has 0 spiro atoms. The summed E-state index contributed by atoms with van der Waals surface area (Å²) in [6.07, 6.45) is -3.76. The minimum absolute atomic E-state index is 0.460. The lowest BCUT2D eigenvalue weighted by molar-refractivity contribution is -0.137. The zero-order chi connectivity index (χ0) is 23.1. The molecule has 32 heavy (non-hydrogen) atoms. The lowest BCUT2D eigenvalue weighted by atomic mass is 10.1. The van der Waals surface area contributed by atoms with Gasteiger partial charge in [0.1, 0.15) is 12.3 Å². The summed E-state index contributed by atoms with van der Waals surface area (Å²) in [4.78, 5) is 12.1. The molecule has 2 aromatic carbocycles. The van der Waals surface area contributed by atoms with Gasteiger partial charge in [-0.25, -0.2) is 0 Å². The average Bonchev–Trinajstić information content (AvgIpc) is 3.18. The first-order valence-corrected chi connectivity index (χ1v) is 10.8. The van der Waals surface area contributed by atoms with Gasteiger partial charge in [0.2, 0.25) is 5.91 Å². The van der Waals surface area contributed by atoms with E-state index in [1.54, 1.807) is 14.0 Å². The van der Waals surface area contributed by atoms with Gasteiger partial charge in [0, 0.05) is 12.1 Å². The number of benzene rings is 2. The van der Waals surface area contributed by atoms with E-state index in [1.807, 2.05) is 64.5 Å². The highest BCUT2D eigenvalue weighted by molar-refractivity contribution is 8.00. The van der Waals surface area contributed by atoms with Crippen LogP contribution in [0.2, 0.25) is 0 Å². The Balaban J connectivity index is 1.82. The number of amides is 1. The molecule has 3 aromatic rings. The molecule has 0 aliphatic rings. The lowest BCUT2D eigenvalue weighted by Gasteiger charge is -2.15. The highest BCUT2D eigenvalue weighted by Gasteiger charge is 2.29. The quantitative estimate of drug-likeness (QED) is 0.477. The Hall–Kier alpha value is -3.01. The van der Waals surface area contributed by atoms with E-state index in [0.29, 0.717) is 29.7 Å². The molecule has 1 amide bonds. The number of ether oxygens (including phenoxy) is 1. The molecule has 1 heterocycles. The second kappa shape index (κ2) is 10.5. The van der Waals surface area contributed by atoms with E-state index in [-0.39, 0.29) is 0 Å². The van der Waals surface area contributed by atoms with Gasteiger partial charge in [-0.05, 0) is 43.2 Å². The number of hydrogen-bond donors (Lipinski definition) is 1. The first-order chi connectivity index (χ1) is 15.3. The molecule has 170 valence electrons. The minimum atomic E-state index is -4.46. The van der Waals surface area contributed by atoms with Gasteiger partial charge >= 0.3 is 6.18 Å². The summed E-state index contributed by atoms with van der Waals surface area (Å²) < 4.78 is 44.3. The Morgan fingerprint density at radius 2 is 1.81 bits per heavy atom. The van der Waals surface area contributed by atoms with E-state index >= 15 is 0 Å². The van der Waals surface area contributed by atoms with Crippen molar-refractivity contribution in [1.82, 2.24) is 20.1 Å². The molecule has 1 atom stereocenters. The molecule has 0 radical (unpaired) electrons. The zero-order valence-corrected chi connectivity index (χ0v) is 18.4. The van der Waals surface area contributed by atoms with Crippen molar-refractivity contribution in [2.75, 3.05) is 13.7 Å². The summed E-state index contributed by atoms with van der Waals surface area (Å²) >= 11 is 1.07. The molecule has 0 aliphatic carbocycles. The smallest absolute Gasteiger partial charge is 0.405 e. The van der Waals surface area contributed by atoms with Gasteiger partial charge in [0.15, 0.2) is 11.0 Å². The van der Waals surface area contributed by atoms with Crippen molar-refractivity contribution in [3.05, 3.63) is 60.2 Å². The van der Waals surface area contributed by atoms with E-state index < -0.39 is 23.9 Å². The number of nitrogens with one attached hydrogen (secondary N) is 1. The Labute approximate surface area is 188 Å². The fourth-order valence-electron chi connectivity index (χ4n) is 2.96. The minimum Gasteiger partial charge on any atom is -0.497 e. The van der Waals surface area contributed by atoms with Crippen LogP contribution in [0, 0.1) is 0 Å². The van der Waals surface area contributed by atoms with Crippen LogP contribution in [0.5, 0.6) is 5.75 Å². The second-order valence-corrected chi connectivity index (χ2v) is 8.32. The van der Waals surface area contributed by atoms with Crippen LogP contribution in [0.1, 0.15) is 12.5 Å². The van der Waals surface area contributed by atoms with Gasteiger partial charge in [-0.2, -0.15) is 13.2 Å². The Morgan fingerprint density at radius 1 is 1.12 bits per heavy atom. The van der Waals surface area contributed by atoms with Gasteiger partial charge < -0.3 is 14.6 Å². The number of alkyl halides is 3. The summed E-state index contributed by atoms with van der Waals surface area (Å²) in [5, 5.41) is 10.1. The second-order valence-electron chi connectivity index (χ2n) is 7.01. The maximum absolute atomic E-state index is 12.4. The first kappa shape index (κ1) is 23.6. The van der Waals surface area contributed by atoms with Crippen molar-refractivity contribution in [3.8, 4) is 17.1 Å². The van der Waals surface area contributed by atoms with Crippen molar-refractivity contribution in [2.24, 2.45) is 0 Å². The van der Waals surface area contributed by atoms with Crippen molar-refractivity contribution < 1.29 is 22.7 Å². The van der Waals surface area contributed by atoms with Crippen LogP contribution in [0.3, 0.4) is 0 Å². The summed E-state index contributed by atoms with van der Waals surface area (Å²) in [5.41, 5.74) is 1.93. The molecule has 10 heteroatoms. The molecule has 6 nitrogen and oxygen atoms in total. The average molecular weight is 465 g/mol.